The number of unbranched alkanes of at least 4 members (excludes halogenated alkanes) is 2. The molecule has 154 valence electrons. The highest BCUT2D eigenvalue weighted by molar-refractivity contribution is 6.02. The number of benzene rings is 2. The molecule has 0 aliphatic carbocycles. The fourth-order valence-corrected chi connectivity index (χ4v) is 3.48. The highest BCUT2D eigenvalue weighted by Gasteiger charge is 2.24. The molecule has 0 aliphatic rings. The molecule has 2 rings (SSSR count). The molecule has 29 heavy (non-hydrogen) atoms. The van der Waals surface area contributed by atoms with Gasteiger partial charge in [0.2, 0.25) is 0 Å². The fraction of sp³-hybridized carbons (Fsp3) is 0.320. The standard InChI is InChI=1S/C25H31NO3/c1-6-8-9-10-18-15-21(27)23(24(28)22(18)25(29)26-13-7-2)20-14-17(5)11-12-19(20)16(3)4/h7,11-12,14-15,27-28H,2-3,6,8-10,13H2,1,4-5H3,(H,26,29). The number of carbonyl (C=O) groups excluding carboxylic acids is 1. The number of allylic oxidation sites excluding steroid dienone is 1. The van der Waals surface area contributed by atoms with Crippen LogP contribution in [0, 0.1) is 6.92 Å². The molecule has 0 radical (unpaired) electrons. The molecule has 0 saturated carbocycles. The van der Waals surface area contributed by atoms with E-state index in [1.165, 1.54) is 0 Å². The Morgan fingerprint density at radius 3 is 2.55 bits per heavy atom. The maximum atomic E-state index is 12.8. The Morgan fingerprint density at radius 1 is 1.21 bits per heavy atom. The Hall–Kier alpha value is -3.01. The molecular weight excluding hydrogens is 362 g/mol. The number of carbonyl (C=O) groups is 1. The molecule has 0 saturated heterocycles. The topological polar surface area (TPSA) is 69.6 Å². The monoisotopic (exact) mass is 393 g/mol. The van der Waals surface area contributed by atoms with Crippen LogP contribution in [0.3, 0.4) is 0 Å². The summed E-state index contributed by atoms with van der Waals surface area (Å²) < 4.78 is 0. The maximum Gasteiger partial charge on any atom is 0.255 e. The van der Waals surface area contributed by atoms with Gasteiger partial charge in [0, 0.05) is 6.54 Å². The first-order valence-corrected chi connectivity index (χ1v) is 10.1. The lowest BCUT2D eigenvalue weighted by Crippen LogP contribution is -2.24. The molecule has 4 nitrogen and oxygen atoms in total. The normalized spacial score (nSPS) is 10.6. The van der Waals surface area contributed by atoms with Gasteiger partial charge in [-0.05, 0) is 49.4 Å². The van der Waals surface area contributed by atoms with Crippen molar-refractivity contribution in [2.45, 2.75) is 46.5 Å². The number of amides is 1. The van der Waals surface area contributed by atoms with E-state index in [1.807, 2.05) is 32.0 Å². The van der Waals surface area contributed by atoms with E-state index in [4.69, 9.17) is 0 Å². The summed E-state index contributed by atoms with van der Waals surface area (Å²) in [5.41, 5.74) is 4.38. The summed E-state index contributed by atoms with van der Waals surface area (Å²) in [6.45, 7) is 13.9. The van der Waals surface area contributed by atoms with E-state index in [2.05, 4.69) is 25.4 Å². The van der Waals surface area contributed by atoms with E-state index in [1.54, 1.807) is 12.1 Å². The number of aryl methyl sites for hydroxylation is 2. The van der Waals surface area contributed by atoms with E-state index >= 15 is 0 Å². The molecule has 0 unspecified atom stereocenters. The van der Waals surface area contributed by atoms with Crippen molar-refractivity contribution in [3.8, 4) is 22.6 Å². The van der Waals surface area contributed by atoms with Gasteiger partial charge in [0.25, 0.3) is 5.91 Å². The first-order chi connectivity index (χ1) is 13.8. The van der Waals surface area contributed by atoms with Gasteiger partial charge in [-0.1, -0.05) is 61.8 Å². The van der Waals surface area contributed by atoms with Crippen LogP contribution >= 0.6 is 0 Å². The zero-order valence-corrected chi connectivity index (χ0v) is 17.6. The summed E-state index contributed by atoms with van der Waals surface area (Å²) >= 11 is 0. The van der Waals surface area contributed by atoms with E-state index in [-0.39, 0.29) is 28.5 Å². The highest BCUT2D eigenvalue weighted by atomic mass is 16.3. The number of phenols is 2. The van der Waals surface area contributed by atoms with Crippen LogP contribution in [0.25, 0.3) is 16.7 Å². The highest BCUT2D eigenvalue weighted by Crippen LogP contribution is 2.44. The largest absolute Gasteiger partial charge is 0.507 e. The molecular formula is C25H31NO3. The summed E-state index contributed by atoms with van der Waals surface area (Å²) in [4.78, 5) is 12.8. The van der Waals surface area contributed by atoms with Crippen LogP contribution in [-0.2, 0) is 6.42 Å². The Morgan fingerprint density at radius 2 is 1.93 bits per heavy atom. The van der Waals surface area contributed by atoms with Gasteiger partial charge in [-0.3, -0.25) is 4.79 Å². The van der Waals surface area contributed by atoms with Crippen LogP contribution < -0.4 is 5.32 Å². The molecule has 4 heteroatoms. The van der Waals surface area contributed by atoms with Crippen molar-refractivity contribution in [1.82, 2.24) is 5.32 Å². The number of phenolic OH excluding ortho intramolecular Hbond substituents is 2. The molecule has 0 atom stereocenters. The first kappa shape index (κ1) is 22.3. The van der Waals surface area contributed by atoms with Crippen molar-refractivity contribution in [3.05, 3.63) is 65.8 Å². The summed E-state index contributed by atoms with van der Waals surface area (Å²) in [6.07, 6.45) is 5.12. The summed E-state index contributed by atoms with van der Waals surface area (Å²) in [6, 6.07) is 7.37. The van der Waals surface area contributed by atoms with Crippen LogP contribution in [0.1, 0.15) is 60.2 Å². The number of hydrogen-bond acceptors (Lipinski definition) is 3. The van der Waals surface area contributed by atoms with Gasteiger partial charge in [0.1, 0.15) is 11.5 Å². The zero-order chi connectivity index (χ0) is 21.6. The number of aromatic hydroxyl groups is 2. The van der Waals surface area contributed by atoms with E-state index in [9.17, 15) is 15.0 Å². The summed E-state index contributed by atoms with van der Waals surface area (Å²) in [5.74, 6) is -0.617. The minimum Gasteiger partial charge on any atom is -0.507 e. The third-order valence-electron chi connectivity index (χ3n) is 4.95. The van der Waals surface area contributed by atoms with Gasteiger partial charge in [-0.25, -0.2) is 0 Å². The van der Waals surface area contributed by atoms with E-state index < -0.39 is 0 Å². The van der Waals surface area contributed by atoms with E-state index in [0.29, 0.717) is 24.1 Å². The molecule has 0 spiro atoms. The molecule has 0 aliphatic heterocycles. The molecule has 0 aromatic heterocycles. The predicted octanol–water partition coefficient (Wildman–Crippen LogP) is 5.75. The van der Waals surface area contributed by atoms with Crippen molar-refractivity contribution >= 4 is 11.5 Å². The van der Waals surface area contributed by atoms with Crippen LogP contribution in [-0.4, -0.2) is 22.7 Å². The molecule has 0 heterocycles. The minimum absolute atomic E-state index is 0.0395. The summed E-state index contributed by atoms with van der Waals surface area (Å²) in [7, 11) is 0. The van der Waals surface area contributed by atoms with Crippen molar-refractivity contribution in [3.63, 3.8) is 0 Å². The summed E-state index contributed by atoms with van der Waals surface area (Å²) in [5, 5.41) is 24.7. The Balaban J connectivity index is 2.72. The third kappa shape index (κ3) is 5.08. The van der Waals surface area contributed by atoms with Crippen LogP contribution in [0.4, 0.5) is 0 Å². The Bertz CT molecular complexity index is 928. The molecule has 2 aromatic carbocycles. The van der Waals surface area contributed by atoms with Crippen molar-refractivity contribution in [1.29, 1.82) is 0 Å². The van der Waals surface area contributed by atoms with Crippen LogP contribution in [0.5, 0.6) is 11.5 Å². The van der Waals surface area contributed by atoms with E-state index in [0.717, 1.165) is 36.0 Å². The SMILES string of the molecule is C=CCNC(=O)c1c(CCCCC)cc(O)c(-c2cc(C)ccc2C(=C)C)c1O. The van der Waals surface area contributed by atoms with Crippen LogP contribution in [0.2, 0.25) is 0 Å². The number of hydrogen-bond donors (Lipinski definition) is 3. The lowest BCUT2D eigenvalue weighted by atomic mass is 9.89. The van der Waals surface area contributed by atoms with Gasteiger partial charge in [0.15, 0.2) is 0 Å². The average Bonchev–Trinajstić information content (AvgIpc) is 2.66. The van der Waals surface area contributed by atoms with Crippen LogP contribution in [0.15, 0.2) is 43.5 Å². The quantitative estimate of drug-likeness (QED) is 0.375. The van der Waals surface area contributed by atoms with Crippen molar-refractivity contribution in [2.24, 2.45) is 0 Å². The fourth-order valence-electron chi connectivity index (χ4n) is 3.48. The van der Waals surface area contributed by atoms with Gasteiger partial charge in [-0.2, -0.15) is 0 Å². The lowest BCUT2D eigenvalue weighted by Gasteiger charge is -2.19. The predicted molar refractivity (Wildman–Crippen MR) is 120 cm³/mol. The second kappa shape index (κ2) is 9.97. The molecule has 1 amide bonds. The zero-order valence-electron chi connectivity index (χ0n) is 17.6. The van der Waals surface area contributed by atoms with Gasteiger partial charge >= 0.3 is 0 Å². The third-order valence-corrected chi connectivity index (χ3v) is 4.95. The molecule has 3 N–H and O–H groups in total. The molecule has 0 bridgehead atoms. The lowest BCUT2D eigenvalue weighted by molar-refractivity contribution is 0.0954. The van der Waals surface area contributed by atoms with Gasteiger partial charge in [-0.15, -0.1) is 6.58 Å². The maximum absolute atomic E-state index is 12.8. The first-order valence-electron chi connectivity index (χ1n) is 10.1. The smallest absolute Gasteiger partial charge is 0.255 e. The number of rotatable bonds is 9. The second-order valence-electron chi connectivity index (χ2n) is 7.44. The Labute approximate surface area is 173 Å². The Kier molecular flexibility index (Phi) is 7.66. The molecule has 2 aromatic rings. The van der Waals surface area contributed by atoms with Crippen molar-refractivity contribution in [2.75, 3.05) is 6.54 Å². The number of nitrogens with one attached hydrogen (secondary N) is 1. The minimum atomic E-state index is -0.375. The molecule has 0 fully saturated rings. The van der Waals surface area contributed by atoms with Gasteiger partial charge < -0.3 is 15.5 Å². The van der Waals surface area contributed by atoms with Crippen molar-refractivity contribution < 1.29 is 15.0 Å². The second-order valence-corrected chi connectivity index (χ2v) is 7.44. The van der Waals surface area contributed by atoms with Gasteiger partial charge in [0.05, 0.1) is 11.1 Å². The average molecular weight is 394 g/mol.